The third-order valence-corrected chi connectivity index (χ3v) is 3.65. The summed E-state index contributed by atoms with van der Waals surface area (Å²) in [7, 11) is 0. The van der Waals surface area contributed by atoms with E-state index in [9.17, 15) is 15.0 Å². The number of amides is 2. The lowest BCUT2D eigenvalue weighted by Gasteiger charge is -2.32. The summed E-state index contributed by atoms with van der Waals surface area (Å²) in [4.78, 5) is 10.9. The van der Waals surface area contributed by atoms with Crippen LogP contribution in [-0.2, 0) is 0 Å². The maximum Gasteiger partial charge on any atom is 0.316 e. The van der Waals surface area contributed by atoms with Gasteiger partial charge in [-0.15, -0.1) is 12.4 Å². The number of carbonyl (C=O) groups excluding carboxylic acids is 1. The van der Waals surface area contributed by atoms with Crippen LogP contribution >= 0.6 is 12.4 Å². The van der Waals surface area contributed by atoms with Crippen molar-refractivity contribution in [3.8, 4) is 5.75 Å². The minimum absolute atomic E-state index is 0. The number of aliphatic hydroxyl groups excluding tert-OH is 1. The average Bonchev–Trinajstić information content (AvgIpc) is 2.40. The molecule has 1 heterocycles. The van der Waals surface area contributed by atoms with Crippen molar-refractivity contribution in [2.75, 3.05) is 5.32 Å². The lowest BCUT2D eigenvalue weighted by molar-refractivity contribution is 0.104. The van der Waals surface area contributed by atoms with Gasteiger partial charge in [0, 0.05) is 12.1 Å². The van der Waals surface area contributed by atoms with Crippen molar-refractivity contribution in [2.24, 2.45) is 5.73 Å². The minimum Gasteiger partial charge on any atom is -0.506 e. The van der Waals surface area contributed by atoms with Gasteiger partial charge in [-0.2, -0.15) is 0 Å². The normalized spacial score (nSPS) is 23.0. The highest BCUT2D eigenvalue weighted by atomic mass is 35.5. The zero-order chi connectivity index (χ0) is 14.7. The van der Waals surface area contributed by atoms with Gasteiger partial charge in [-0.1, -0.05) is 12.5 Å². The van der Waals surface area contributed by atoms with Crippen LogP contribution in [0.4, 0.5) is 10.5 Å². The van der Waals surface area contributed by atoms with Crippen molar-refractivity contribution in [1.29, 1.82) is 0 Å². The fourth-order valence-corrected chi connectivity index (χ4v) is 2.63. The van der Waals surface area contributed by atoms with Crippen molar-refractivity contribution in [1.82, 2.24) is 5.32 Å². The Labute approximate surface area is 130 Å². The van der Waals surface area contributed by atoms with Gasteiger partial charge in [-0.25, -0.2) is 4.79 Å². The zero-order valence-electron chi connectivity index (χ0n) is 11.9. The Hall–Kier alpha value is -1.50. The SMILES string of the molecule is CC1CCCC(C(O)c2ccc(O)c(NC(N)=O)c2)N1.Cl. The van der Waals surface area contributed by atoms with Crippen LogP contribution in [0.25, 0.3) is 0 Å². The monoisotopic (exact) mass is 315 g/mol. The Balaban J connectivity index is 0.00000220. The molecule has 3 unspecified atom stereocenters. The molecule has 0 radical (unpaired) electrons. The van der Waals surface area contributed by atoms with Crippen LogP contribution in [0.15, 0.2) is 18.2 Å². The largest absolute Gasteiger partial charge is 0.506 e. The summed E-state index contributed by atoms with van der Waals surface area (Å²) in [6.45, 7) is 2.09. The summed E-state index contributed by atoms with van der Waals surface area (Å²) in [5, 5.41) is 25.8. The van der Waals surface area contributed by atoms with Crippen LogP contribution in [-0.4, -0.2) is 28.3 Å². The zero-order valence-corrected chi connectivity index (χ0v) is 12.7. The number of hydrogen-bond acceptors (Lipinski definition) is 4. The Morgan fingerprint density at radius 1 is 1.48 bits per heavy atom. The second kappa shape index (κ2) is 7.49. The van der Waals surface area contributed by atoms with E-state index in [4.69, 9.17) is 5.73 Å². The summed E-state index contributed by atoms with van der Waals surface area (Å²) in [6.07, 6.45) is 2.38. The van der Waals surface area contributed by atoms with Gasteiger partial charge in [0.25, 0.3) is 0 Å². The van der Waals surface area contributed by atoms with Crippen LogP contribution in [0.3, 0.4) is 0 Å². The summed E-state index contributed by atoms with van der Waals surface area (Å²) in [5.41, 5.74) is 5.89. The molecule has 7 heteroatoms. The molecular weight excluding hydrogens is 294 g/mol. The first-order valence-electron chi connectivity index (χ1n) is 6.81. The number of primary amides is 1. The Bertz CT molecular complexity index is 498. The number of carbonyl (C=O) groups is 1. The molecule has 1 aromatic rings. The predicted octanol–water partition coefficient (Wildman–Crippen LogP) is 1.87. The molecule has 0 spiro atoms. The topological polar surface area (TPSA) is 108 Å². The molecule has 6 N–H and O–H groups in total. The standard InChI is InChI=1S/C14H21N3O3.ClH/c1-8-3-2-4-10(16-8)13(19)9-5-6-12(18)11(7-9)17-14(15)20;/h5-8,10,13,16,18-19H,2-4H2,1H3,(H3,15,17,20);1H. The van der Waals surface area contributed by atoms with Crippen LogP contribution in [0, 0.1) is 0 Å². The Morgan fingerprint density at radius 3 is 2.81 bits per heavy atom. The molecule has 1 aliphatic heterocycles. The third kappa shape index (κ3) is 4.49. The Kier molecular flexibility index (Phi) is 6.26. The number of benzene rings is 1. The van der Waals surface area contributed by atoms with Gasteiger partial charge in [0.1, 0.15) is 5.75 Å². The number of anilines is 1. The van der Waals surface area contributed by atoms with Crippen molar-refractivity contribution in [2.45, 2.75) is 44.4 Å². The quantitative estimate of drug-likeness (QED) is 0.549. The summed E-state index contributed by atoms with van der Waals surface area (Å²) in [5.74, 6) is -0.0790. The van der Waals surface area contributed by atoms with Gasteiger partial charge in [0.15, 0.2) is 0 Å². The van der Waals surface area contributed by atoms with Crippen LogP contribution in [0.5, 0.6) is 5.75 Å². The number of urea groups is 1. The number of aliphatic hydroxyl groups is 1. The summed E-state index contributed by atoms with van der Waals surface area (Å²) in [6, 6.07) is 4.24. The lowest BCUT2D eigenvalue weighted by atomic mass is 9.92. The van der Waals surface area contributed by atoms with Crippen LogP contribution < -0.4 is 16.4 Å². The number of nitrogens with two attached hydrogens (primary N) is 1. The van der Waals surface area contributed by atoms with Crippen molar-refractivity contribution >= 4 is 24.1 Å². The number of phenols is 1. The molecule has 6 nitrogen and oxygen atoms in total. The average molecular weight is 316 g/mol. The van der Waals surface area contributed by atoms with E-state index in [1.807, 2.05) is 0 Å². The molecular formula is C14H22ClN3O3. The first-order chi connectivity index (χ1) is 9.47. The molecule has 1 aromatic carbocycles. The van der Waals surface area contributed by atoms with E-state index in [2.05, 4.69) is 17.6 Å². The van der Waals surface area contributed by atoms with Crippen molar-refractivity contribution < 1.29 is 15.0 Å². The van der Waals surface area contributed by atoms with E-state index in [0.29, 0.717) is 11.6 Å². The van der Waals surface area contributed by atoms with E-state index in [1.54, 1.807) is 12.1 Å². The highest BCUT2D eigenvalue weighted by Gasteiger charge is 2.26. The second-order valence-electron chi connectivity index (χ2n) is 5.32. The molecule has 3 atom stereocenters. The first kappa shape index (κ1) is 17.6. The number of phenolic OH excluding ortho intramolecular Hbond substituents is 1. The first-order valence-corrected chi connectivity index (χ1v) is 6.81. The molecule has 1 fully saturated rings. The molecule has 1 aliphatic rings. The van der Waals surface area contributed by atoms with E-state index in [0.717, 1.165) is 19.3 Å². The molecule has 0 aromatic heterocycles. The number of hydrogen-bond donors (Lipinski definition) is 5. The molecule has 118 valence electrons. The number of piperidine rings is 1. The summed E-state index contributed by atoms with van der Waals surface area (Å²) < 4.78 is 0. The highest BCUT2D eigenvalue weighted by molar-refractivity contribution is 5.89. The third-order valence-electron chi connectivity index (χ3n) is 3.65. The lowest BCUT2D eigenvalue weighted by Crippen LogP contribution is -2.44. The smallest absolute Gasteiger partial charge is 0.316 e. The maximum atomic E-state index is 10.9. The van der Waals surface area contributed by atoms with Crippen LogP contribution in [0.2, 0.25) is 0 Å². The van der Waals surface area contributed by atoms with E-state index >= 15 is 0 Å². The number of aromatic hydroxyl groups is 1. The molecule has 0 saturated carbocycles. The fourth-order valence-electron chi connectivity index (χ4n) is 2.63. The molecule has 2 amide bonds. The predicted molar refractivity (Wildman–Crippen MR) is 83.8 cm³/mol. The van der Waals surface area contributed by atoms with Gasteiger partial charge in [0.05, 0.1) is 11.8 Å². The van der Waals surface area contributed by atoms with Crippen molar-refractivity contribution in [3.63, 3.8) is 0 Å². The van der Waals surface area contributed by atoms with Gasteiger partial charge in [0.2, 0.25) is 0 Å². The molecule has 21 heavy (non-hydrogen) atoms. The molecule has 1 saturated heterocycles. The van der Waals surface area contributed by atoms with E-state index < -0.39 is 12.1 Å². The summed E-state index contributed by atoms with van der Waals surface area (Å²) >= 11 is 0. The van der Waals surface area contributed by atoms with Crippen molar-refractivity contribution in [3.05, 3.63) is 23.8 Å². The number of halogens is 1. The van der Waals surface area contributed by atoms with Crippen LogP contribution in [0.1, 0.15) is 37.9 Å². The number of rotatable bonds is 3. The van der Waals surface area contributed by atoms with Gasteiger partial charge < -0.3 is 26.6 Å². The maximum absolute atomic E-state index is 10.9. The van der Waals surface area contributed by atoms with E-state index in [-0.39, 0.29) is 29.9 Å². The Morgan fingerprint density at radius 2 is 2.19 bits per heavy atom. The molecule has 0 aliphatic carbocycles. The van der Waals surface area contributed by atoms with Gasteiger partial charge >= 0.3 is 6.03 Å². The molecule has 0 bridgehead atoms. The van der Waals surface area contributed by atoms with Gasteiger partial charge in [-0.3, -0.25) is 0 Å². The highest BCUT2D eigenvalue weighted by Crippen LogP contribution is 2.30. The number of nitrogens with one attached hydrogen (secondary N) is 2. The minimum atomic E-state index is -0.753. The fraction of sp³-hybridized carbons (Fsp3) is 0.500. The molecule has 2 rings (SSSR count). The van der Waals surface area contributed by atoms with Gasteiger partial charge in [-0.05, 0) is 37.5 Å². The van der Waals surface area contributed by atoms with E-state index in [1.165, 1.54) is 6.07 Å². The second-order valence-corrected chi connectivity index (χ2v) is 5.32.